The number of aliphatic hydroxyl groups excluding tert-OH is 1. The molecule has 138 valence electrons. The van der Waals surface area contributed by atoms with E-state index in [-0.39, 0.29) is 24.3 Å². The summed E-state index contributed by atoms with van der Waals surface area (Å²) >= 11 is 5.99. The normalized spacial score (nSPS) is 16.2. The number of benzene rings is 2. The Morgan fingerprint density at radius 2 is 1.85 bits per heavy atom. The van der Waals surface area contributed by atoms with Gasteiger partial charge in [-0.3, -0.25) is 9.59 Å². The monoisotopic (exact) mass is 383 g/mol. The summed E-state index contributed by atoms with van der Waals surface area (Å²) in [6, 6.07) is 10.1. The zero-order chi connectivity index (χ0) is 19.3. The number of carbonyl (C=O) groups is 1. The van der Waals surface area contributed by atoms with Crippen LogP contribution in [-0.4, -0.2) is 29.1 Å². The summed E-state index contributed by atoms with van der Waals surface area (Å²) in [7, 11) is 0. The number of carbonyl (C=O) groups excluding carboxylic acids is 1. The molecule has 1 aromatic heterocycles. The Kier molecular flexibility index (Phi) is 4.29. The van der Waals surface area contributed by atoms with E-state index < -0.39 is 11.9 Å². The maximum Gasteiger partial charge on any atom is 0.290 e. The van der Waals surface area contributed by atoms with Crippen LogP contribution in [0, 0.1) is 13.8 Å². The van der Waals surface area contributed by atoms with E-state index in [0.717, 1.165) is 16.7 Å². The van der Waals surface area contributed by atoms with E-state index in [1.54, 1.807) is 30.3 Å². The van der Waals surface area contributed by atoms with Gasteiger partial charge in [-0.2, -0.15) is 0 Å². The predicted octanol–water partition coefficient (Wildman–Crippen LogP) is 3.60. The molecule has 1 aliphatic rings. The minimum absolute atomic E-state index is 0.0489. The molecule has 3 aromatic rings. The molecule has 4 rings (SSSR count). The van der Waals surface area contributed by atoms with Crippen molar-refractivity contribution in [3.05, 3.63) is 79.7 Å². The topological polar surface area (TPSA) is 70.8 Å². The van der Waals surface area contributed by atoms with E-state index in [1.807, 2.05) is 19.9 Å². The van der Waals surface area contributed by atoms with Crippen molar-refractivity contribution in [2.45, 2.75) is 19.9 Å². The van der Waals surface area contributed by atoms with Crippen LogP contribution in [0.25, 0.3) is 11.0 Å². The summed E-state index contributed by atoms with van der Waals surface area (Å²) in [6.45, 7) is 3.66. The van der Waals surface area contributed by atoms with E-state index in [2.05, 4.69) is 0 Å². The molecule has 0 unspecified atom stereocenters. The number of rotatable bonds is 3. The number of aryl methyl sites for hydroxylation is 2. The van der Waals surface area contributed by atoms with Crippen molar-refractivity contribution in [1.82, 2.24) is 4.90 Å². The highest BCUT2D eigenvalue weighted by Crippen LogP contribution is 2.38. The molecular weight excluding hydrogens is 366 g/mol. The average molecular weight is 384 g/mol. The van der Waals surface area contributed by atoms with Gasteiger partial charge in [0, 0.05) is 11.6 Å². The van der Waals surface area contributed by atoms with Crippen molar-refractivity contribution >= 4 is 28.5 Å². The summed E-state index contributed by atoms with van der Waals surface area (Å²) in [5.74, 6) is -0.342. The summed E-state index contributed by atoms with van der Waals surface area (Å²) in [5, 5.41) is 10.5. The van der Waals surface area contributed by atoms with Crippen LogP contribution in [-0.2, 0) is 0 Å². The Bertz CT molecular complexity index is 1120. The third-order valence-electron chi connectivity index (χ3n) is 4.92. The maximum atomic E-state index is 13.3. The number of β-amino-alcohol motifs (C(OH)–C–C–N with tert-alkyl or cyclic N) is 1. The molecule has 0 radical (unpaired) electrons. The van der Waals surface area contributed by atoms with Gasteiger partial charge in [-0.05, 0) is 48.7 Å². The van der Waals surface area contributed by atoms with Gasteiger partial charge in [0.2, 0.25) is 5.76 Å². The Hall–Kier alpha value is -2.63. The predicted molar refractivity (Wildman–Crippen MR) is 103 cm³/mol. The van der Waals surface area contributed by atoms with Gasteiger partial charge in [0.15, 0.2) is 5.43 Å². The molecule has 2 aromatic carbocycles. The number of amides is 1. The fourth-order valence-electron chi connectivity index (χ4n) is 3.80. The lowest BCUT2D eigenvalue weighted by molar-refractivity contribution is 0.0691. The van der Waals surface area contributed by atoms with Crippen molar-refractivity contribution in [3.63, 3.8) is 0 Å². The number of aliphatic hydroxyl groups is 1. The SMILES string of the molecule is Cc1cc(C)c2oc3c(c(=O)c2c1)[C@@H](c1ccc(Cl)cc1)N(CCO)C3=O. The Labute approximate surface area is 160 Å². The van der Waals surface area contributed by atoms with Gasteiger partial charge in [0.05, 0.1) is 23.6 Å². The molecule has 1 N–H and O–H groups in total. The van der Waals surface area contributed by atoms with Crippen LogP contribution >= 0.6 is 11.6 Å². The number of hydrogen-bond donors (Lipinski definition) is 1. The van der Waals surface area contributed by atoms with E-state index in [1.165, 1.54) is 4.90 Å². The molecule has 0 aliphatic carbocycles. The van der Waals surface area contributed by atoms with Crippen molar-refractivity contribution < 1.29 is 14.3 Å². The third kappa shape index (κ3) is 2.74. The van der Waals surface area contributed by atoms with Gasteiger partial charge in [-0.1, -0.05) is 29.8 Å². The molecule has 0 fully saturated rings. The zero-order valence-corrected chi connectivity index (χ0v) is 15.7. The summed E-state index contributed by atoms with van der Waals surface area (Å²) in [4.78, 5) is 27.8. The number of nitrogens with zero attached hydrogens (tertiary/aromatic N) is 1. The molecule has 1 atom stereocenters. The van der Waals surface area contributed by atoms with E-state index in [9.17, 15) is 14.7 Å². The molecule has 0 bridgehead atoms. The minimum Gasteiger partial charge on any atom is -0.450 e. The first kappa shape index (κ1) is 17.8. The molecule has 1 amide bonds. The number of halogens is 1. The Morgan fingerprint density at radius 1 is 1.15 bits per heavy atom. The summed E-state index contributed by atoms with van der Waals surface area (Å²) in [6.07, 6.45) is 0. The molecule has 2 heterocycles. The van der Waals surface area contributed by atoms with Crippen LogP contribution in [0.15, 0.2) is 45.6 Å². The van der Waals surface area contributed by atoms with Gasteiger partial charge in [0.25, 0.3) is 5.91 Å². The summed E-state index contributed by atoms with van der Waals surface area (Å²) in [5.41, 5.74) is 3.03. The number of hydrogen-bond acceptors (Lipinski definition) is 4. The fraction of sp³-hybridized carbons (Fsp3) is 0.238. The molecular formula is C21H18ClNO4. The second kappa shape index (κ2) is 6.51. The summed E-state index contributed by atoms with van der Waals surface area (Å²) < 4.78 is 5.94. The van der Waals surface area contributed by atoms with Crippen molar-refractivity contribution in [2.75, 3.05) is 13.2 Å². The van der Waals surface area contributed by atoms with Crippen LogP contribution in [0.5, 0.6) is 0 Å². The van der Waals surface area contributed by atoms with E-state index in [4.69, 9.17) is 16.0 Å². The van der Waals surface area contributed by atoms with Crippen LogP contribution < -0.4 is 5.43 Å². The zero-order valence-electron chi connectivity index (χ0n) is 15.0. The van der Waals surface area contributed by atoms with Crippen LogP contribution in [0.1, 0.15) is 38.9 Å². The number of fused-ring (bicyclic) bond motifs is 2. The van der Waals surface area contributed by atoms with Crippen molar-refractivity contribution in [2.24, 2.45) is 0 Å². The molecule has 1 aliphatic heterocycles. The van der Waals surface area contributed by atoms with Gasteiger partial charge >= 0.3 is 0 Å². The maximum absolute atomic E-state index is 13.3. The van der Waals surface area contributed by atoms with Gasteiger partial charge < -0.3 is 14.4 Å². The van der Waals surface area contributed by atoms with Crippen LogP contribution in [0.2, 0.25) is 5.02 Å². The first-order valence-corrected chi connectivity index (χ1v) is 9.05. The highest BCUT2D eigenvalue weighted by molar-refractivity contribution is 6.30. The first-order valence-electron chi connectivity index (χ1n) is 8.67. The van der Waals surface area contributed by atoms with Gasteiger partial charge in [-0.15, -0.1) is 0 Å². The van der Waals surface area contributed by atoms with Crippen molar-refractivity contribution in [3.8, 4) is 0 Å². The third-order valence-corrected chi connectivity index (χ3v) is 5.18. The average Bonchev–Trinajstić information content (AvgIpc) is 2.90. The second-order valence-electron chi connectivity index (χ2n) is 6.81. The quantitative estimate of drug-likeness (QED) is 0.750. The van der Waals surface area contributed by atoms with E-state index >= 15 is 0 Å². The largest absolute Gasteiger partial charge is 0.450 e. The molecule has 0 spiro atoms. The first-order chi connectivity index (χ1) is 12.9. The van der Waals surface area contributed by atoms with Gasteiger partial charge in [0.1, 0.15) is 5.58 Å². The minimum atomic E-state index is -0.613. The Balaban J connectivity index is 2.04. The molecule has 5 nitrogen and oxygen atoms in total. The van der Waals surface area contributed by atoms with Gasteiger partial charge in [-0.25, -0.2) is 0 Å². The van der Waals surface area contributed by atoms with E-state index in [0.29, 0.717) is 21.6 Å². The standard InChI is InChI=1S/C21H18ClNO4/c1-11-9-12(2)19-15(10-11)18(25)16-17(13-3-5-14(22)6-4-13)23(7-8-24)21(26)20(16)27-19/h3-6,9-10,17,24H,7-8H2,1-2H3/t17-/m1/s1. The van der Waals surface area contributed by atoms with Crippen LogP contribution in [0.3, 0.4) is 0 Å². The second-order valence-corrected chi connectivity index (χ2v) is 7.25. The fourth-order valence-corrected chi connectivity index (χ4v) is 3.93. The Morgan fingerprint density at radius 3 is 2.52 bits per heavy atom. The lowest BCUT2D eigenvalue weighted by Gasteiger charge is -2.24. The molecule has 27 heavy (non-hydrogen) atoms. The smallest absolute Gasteiger partial charge is 0.290 e. The lowest BCUT2D eigenvalue weighted by atomic mass is 9.97. The lowest BCUT2D eigenvalue weighted by Crippen LogP contribution is -2.32. The van der Waals surface area contributed by atoms with Crippen LogP contribution in [0.4, 0.5) is 0 Å². The molecule has 0 saturated carbocycles. The molecule has 6 heteroatoms. The van der Waals surface area contributed by atoms with Crippen molar-refractivity contribution in [1.29, 1.82) is 0 Å². The molecule has 0 saturated heterocycles. The highest BCUT2D eigenvalue weighted by Gasteiger charge is 2.42. The highest BCUT2D eigenvalue weighted by atomic mass is 35.5.